The summed E-state index contributed by atoms with van der Waals surface area (Å²) in [4.78, 5) is 18.4. The van der Waals surface area contributed by atoms with E-state index in [0.29, 0.717) is 24.8 Å². The van der Waals surface area contributed by atoms with Gasteiger partial charge in [0.05, 0.1) is 13.0 Å². The van der Waals surface area contributed by atoms with Gasteiger partial charge in [0.1, 0.15) is 5.75 Å². The number of urea groups is 1. The Balaban J connectivity index is 1.33. The summed E-state index contributed by atoms with van der Waals surface area (Å²) in [5, 5.41) is 10.8. The largest absolute Gasteiger partial charge is 0.497 e. The third kappa shape index (κ3) is 3.20. The maximum Gasteiger partial charge on any atom is 0.321 e. The quantitative estimate of drug-likeness (QED) is 0.774. The van der Waals surface area contributed by atoms with Gasteiger partial charge >= 0.3 is 6.03 Å². The van der Waals surface area contributed by atoms with Gasteiger partial charge in [-0.15, -0.1) is 0 Å². The molecule has 1 aliphatic heterocycles. The number of nitrogens with one attached hydrogen (secondary N) is 1. The van der Waals surface area contributed by atoms with Gasteiger partial charge in [0, 0.05) is 29.7 Å². The predicted octanol–water partition coefficient (Wildman–Crippen LogP) is 3.44. The summed E-state index contributed by atoms with van der Waals surface area (Å²) in [5.74, 6) is 2.01. The standard InChI is InChI=1S/C17H16N4O3S/c1-23-14-4-2-13(3-5-14)18-17(22)21-8-12(9-21)16-19-15(20-24-16)11-6-7-25-10-11/h2-7,10,12H,8-9H2,1H3,(H,18,22). The first kappa shape index (κ1) is 15.6. The molecule has 1 aliphatic rings. The number of thiophene rings is 1. The SMILES string of the molecule is COc1ccc(NC(=O)N2CC(c3nc(-c4ccsc4)no3)C2)cc1. The Morgan fingerprint density at radius 2 is 2.12 bits per heavy atom. The number of benzene rings is 1. The molecule has 1 N–H and O–H groups in total. The van der Waals surface area contributed by atoms with Gasteiger partial charge in [0.25, 0.3) is 0 Å². The summed E-state index contributed by atoms with van der Waals surface area (Å²) in [6.45, 7) is 1.13. The van der Waals surface area contributed by atoms with Gasteiger partial charge < -0.3 is 19.5 Å². The van der Waals surface area contributed by atoms with Crippen LogP contribution >= 0.6 is 11.3 Å². The fourth-order valence-corrected chi connectivity index (χ4v) is 3.22. The smallest absolute Gasteiger partial charge is 0.321 e. The molecule has 2 aromatic heterocycles. The third-order valence-corrected chi connectivity index (χ3v) is 4.76. The van der Waals surface area contributed by atoms with Crippen LogP contribution in [0.5, 0.6) is 5.75 Å². The van der Waals surface area contributed by atoms with Crippen molar-refractivity contribution in [2.45, 2.75) is 5.92 Å². The maximum atomic E-state index is 12.2. The zero-order valence-electron chi connectivity index (χ0n) is 13.5. The number of rotatable bonds is 4. The first-order chi connectivity index (χ1) is 12.2. The number of nitrogens with zero attached hydrogens (tertiary/aromatic N) is 3. The number of carbonyl (C=O) groups excluding carboxylic acids is 1. The van der Waals surface area contributed by atoms with Crippen LogP contribution in [0.2, 0.25) is 0 Å². The van der Waals surface area contributed by atoms with Crippen LogP contribution in [-0.4, -0.2) is 41.3 Å². The summed E-state index contributed by atoms with van der Waals surface area (Å²) in [7, 11) is 1.61. The Bertz CT molecular complexity index is 854. The van der Waals surface area contributed by atoms with Crippen LogP contribution in [0.1, 0.15) is 11.8 Å². The number of amides is 2. The summed E-state index contributed by atoms with van der Waals surface area (Å²) in [6.07, 6.45) is 0. The Hall–Kier alpha value is -2.87. The van der Waals surface area contributed by atoms with E-state index in [4.69, 9.17) is 9.26 Å². The molecule has 0 unspecified atom stereocenters. The fourth-order valence-electron chi connectivity index (χ4n) is 2.59. The lowest BCUT2D eigenvalue weighted by Gasteiger charge is -2.36. The highest BCUT2D eigenvalue weighted by molar-refractivity contribution is 7.08. The first-order valence-corrected chi connectivity index (χ1v) is 8.73. The average molecular weight is 356 g/mol. The minimum absolute atomic E-state index is 0.0847. The van der Waals surface area contributed by atoms with Crippen LogP contribution in [0.15, 0.2) is 45.6 Å². The molecule has 4 rings (SSSR count). The predicted molar refractivity (Wildman–Crippen MR) is 93.9 cm³/mol. The maximum absolute atomic E-state index is 12.2. The molecular formula is C17H16N4O3S. The van der Waals surface area contributed by atoms with Crippen molar-refractivity contribution in [2.24, 2.45) is 0 Å². The monoisotopic (exact) mass is 356 g/mol. The van der Waals surface area contributed by atoms with E-state index in [9.17, 15) is 4.79 Å². The molecule has 0 radical (unpaired) electrons. The molecule has 0 bridgehead atoms. The lowest BCUT2D eigenvalue weighted by molar-refractivity contribution is 0.147. The number of hydrogen-bond acceptors (Lipinski definition) is 6. The number of anilines is 1. The highest BCUT2D eigenvalue weighted by Crippen LogP contribution is 2.28. The van der Waals surface area contributed by atoms with Crippen molar-refractivity contribution in [3.63, 3.8) is 0 Å². The van der Waals surface area contributed by atoms with E-state index in [1.165, 1.54) is 0 Å². The Labute approximate surface area is 148 Å². The number of hydrogen-bond donors (Lipinski definition) is 1. The van der Waals surface area contributed by atoms with Crippen LogP contribution in [0.25, 0.3) is 11.4 Å². The summed E-state index contributed by atoms with van der Waals surface area (Å²) in [6, 6.07) is 9.03. The molecular weight excluding hydrogens is 340 g/mol. The van der Waals surface area contributed by atoms with Crippen LogP contribution in [0.3, 0.4) is 0 Å². The molecule has 0 aliphatic carbocycles. The molecule has 0 spiro atoms. The van der Waals surface area contributed by atoms with E-state index >= 15 is 0 Å². The summed E-state index contributed by atoms with van der Waals surface area (Å²) in [5.41, 5.74) is 1.68. The highest BCUT2D eigenvalue weighted by Gasteiger charge is 2.35. The molecule has 7 nitrogen and oxygen atoms in total. The second kappa shape index (κ2) is 6.56. The van der Waals surface area contributed by atoms with Gasteiger partial charge in [0.15, 0.2) is 0 Å². The first-order valence-electron chi connectivity index (χ1n) is 7.79. The molecule has 0 saturated carbocycles. The number of ether oxygens (including phenoxy) is 1. The second-order valence-corrected chi connectivity index (χ2v) is 6.51. The molecule has 1 aromatic carbocycles. The number of carbonyl (C=O) groups is 1. The van der Waals surface area contributed by atoms with Crippen molar-refractivity contribution in [3.05, 3.63) is 47.0 Å². The molecule has 3 heterocycles. The van der Waals surface area contributed by atoms with Crippen molar-refractivity contribution in [2.75, 3.05) is 25.5 Å². The molecule has 25 heavy (non-hydrogen) atoms. The number of likely N-dealkylation sites (tertiary alicyclic amines) is 1. The van der Waals surface area contributed by atoms with Crippen LogP contribution in [-0.2, 0) is 0 Å². The highest BCUT2D eigenvalue weighted by atomic mass is 32.1. The van der Waals surface area contributed by atoms with Crippen LogP contribution < -0.4 is 10.1 Å². The van der Waals surface area contributed by atoms with Gasteiger partial charge in [-0.3, -0.25) is 0 Å². The normalized spacial score (nSPS) is 14.2. The molecule has 1 fully saturated rings. The third-order valence-electron chi connectivity index (χ3n) is 4.08. The molecule has 8 heteroatoms. The minimum atomic E-state index is -0.140. The molecule has 0 atom stereocenters. The zero-order chi connectivity index (χ0) is 17.2. The molecule has 2 amide bonds. The topological polar surface area (TPSA) is 80.5 Å². The van der Waals surface area contributed by atoms with Crippen LogP contribution in [0.4, 0.5) is 10.5 Å². The summed E-state index contributed by atoms with van der Waals surface area (Å²) >= 11 is 1.59. The van der Waals surface area contributed by atoms with Gasteiger partial charge in [-0.05, 0) is 35.7 Å². The Kier molecular flexibility index (Phi) is 4.10. The number of aromatic nitrogens is 2. The minimum Gasteiger partial charge on any atom is -0.497 e. The number of methoxy groups -OCH3 is 1. The fraction of sp³-hybridized carbons (Fsp3) is 0.235. The van der Waals surface area contributed by atoms with Crippen LogP contribution in [0, 0.1) is 0 Å². The van der Waals surface area contributed by atoms with Crippen molar-refractivity contribution < 1.29 is 14.1 Å². The average Bonchev–Trinajstić information content (AvgIpc) is 3.25. The Morgan fingerprint density at radius 3 is 2.80 bits per heavy atom. The van der Waals surface area contributed by atoms with Gasteiger partial charge in [0.2, 0.25) is 11.7 Å². The Morgan fingerprint density at radius 1 is 1.32 bits per heavy atom. The van der Waals surface area contributed by atoms with Gasteiger partial charge in [-0.2, -0.15) is 16.3 Å². The van der Waals surface area contributed by atoms with E-state index in [1.807, 2.05) is 16.8 Å². The van der Waals surface area contributed by atoms with E-state index in [-0.39, 0.29) is 11.9 Å². The molecule has 128 valence electrons. The van der Waals surface area contributed by atoms with Gasteiger partial charge in [-0.25, -0.2) is 4.79 Å². The van der Waals surface area contributed by atoms with E-state index in [1.54, 1.807) is 47.6 Å². The van der Waals surface area contributed by atoms with Crippen molar-refractivity contribution >= 4 is 23.1 Å². The zero-order valence-corrected chi connectivity index (χ0v) is 14.3. The van der Waals surface area contributed by atoms with E-state index < -0.39 is 0 Å². The second-order valence-electron chi connectivity index (χ2n) is 5.73. The lowest BCUT2D eigenvalue weighted by atomic mass is 10.0. The molecule has 3 aromatic rings. The van der Waals surface area contributed by atoms with Crippen molar-refractivity contribution in [1.29, 1.82) is 0 Å². The van der Waals surface area contributed by atoms with E-state index in [2.05, 4.69) is 15.5 Å². The van der Waals surface area contributed by atoms with E-state index in [0.717, 1.165) is 17.0 Å². The molecule has 1 saturated heterocycles. The van der Waals surface area contributed by atoms with Crippen molar-refractivity contribution in [3.8, 4) is 17.1 Å². The van der Waals surface area contributed by atoms with Gasteiger partial charge in [-0.1, -0.05) is 5.16 Å². The lowest BCUT2D eigenvalue weighted by Crippen LogP contribution is -2.50. The van der Waals surface area contributed by atoms with Crippen molar-refractivity contribution in [1.82, 2.24) is 15.0 Å². The summed E-state index contributed by atoms with van der Waals surface area (Å²) < 4.78 is 10.4.